The Labute approximate surface area is 116 Å². The van der Waals surface area contributed by atoms with Gasteiger partial charge in [0.05, 0.1) is 23.5 Å². The van der Waals surface area contributed by atoms with Gasteiger partial charge in [-0.25, -0.2) is 9.67 Å². The molecule has 0 atom stereocenters. The van der Waals surface area contributed by atoms with Gasteiger partial charge in [-0.1, -0.05) is 41.9 Å². The van der Waals surface area contributed by atoms with Crippen LogP contribution in [0.2, 0.25) is 5.02 Å². The van der Waals surface area contributed by atoms with Crippen molar-refractivity contribution in [1.82, 2.24) is 14.8 Å². The lowest BCUT2D eigenvalue weighted by Crippen LogP contribution is -2.03. The number of benzene rings is 1. The number of fused-ring (bicyclic) bond motifs is 1. The molecule has 0 unspecified atom stereocenters. The number of pyridine rings is 1. The highest BCUT2D eigenvalue weighted by atomic mass is 35.5. The molecule has 0 amide bonds. The Bertz CT molecular complexity index is 732. The topological polar surface area (TPSA) is 30.7 Å². The Balaban J connectivity index is 2.11. The largest absolute Gasteiger partial charge is 0.243 e. The van der Waals surface area contributed by atoms with Gasteiger partial charge in [0.1, 0.15) is 0 Å². The molecule has 3 rings (SSSR count). The Morgan fingerprint density at radius 3 is 2.63 bits per heavy atom. The highest BCUT2D eigenvalue weighted by molar-refractivity contribution is 6.32. The van der Waals surface area contributed by atoms with Gasteiger partial charge in [0, 0.05) is 5.39 Å². The summed E-state index contributed by atoms with van der Waals surface area (Å²) < 4.78 is 1.92. The number of nitrogens with zero attached hydrogens (tertiary/aromatic N) is 3. The second kappa shape index (κ2) is 4.67. The maximum absolute atomic E-state index is 6.23. The lowest BCUT2D eigenvalue weighted by molar-refractivity contribution is 0.703. The van der Waals surface area contributed by atoms with E-state index < -0.39 is 0 Å². The quantitative estimate of drug-likeness (QED) is 0.711. The molecule has 3 nitrogen and oxygen atoms in total. The lowest BCUT2D eigenvalue weighted by atomic mass is 10.2. The summed E-state index contributed by atoms with van der Waals surface area (Å²) in [5.41, 5.74) is 3.99. The minimum Gasteiger partial charge on any atom is -0.243 e. The third-order valence-electron chi connectivity index (χ3n) is 3.31. The van der Waals surface area contributed by atoms with E-state index in [0.29, 0.717) is 0 Å². The number of rotatable bonds is 2. The normalized spacial score (nSPS) is 11.1. The molecule has 4 heteroatoms. The molecular weight excluding hydrogens is 258 g/mol. The average Bonchev–Trinajstić information content (AvgIpc) is 2.81. The van der Waals surface area contributed by atoms with Crippen LogP contribution in [-0.4, -0.2) is 14.8 Å². The number of aryl methyl sites for hydroxylation is 2. The standard InChI is InChI=1S/C15H14ClN3/c1-10-13-8-17-19(9-12-6-4-3-5-7-12)15(13)18-11(2)14(10)16/h3-8H,9H2,1-2H3. The molecule has 96 valence electrons. The summed E-state index contributed by atoms with van der Waals surface area (Å²) >= 11 is 6.23. The van der Waals surface area contributed by atoms with E-state index in [1.54, 1.807) is 0 Å². The van der Waals surface area contributed by atoms with Gasteiger partial charge in [0.25, 0.3) is 0 Å². The molecule has 3 aromatic rings. The fourth-order valence-corrected chi connectivity index (χ4v) is 2.38. The molecular formula is C15H14ClN3. The summed E-state index contributed by atoms with van der Waals surface area (Å²) in [6.45, 7) is 4.65. The van der Waals surface area contributed by atoms with Crippen LogP contribution in [0.1, 0.15) is 16.8 Å². The van der Waals surface area contributed by atoms with Gasteiger partial charge in [0.15, 0.2) is 5.65 Å². The zero-order chi connectivity index (χ0) is 13.4. The highest BCUT2D eigenvalue weighted by Gasteiger charge is 2.12. The van der Waals surface area contributed by atoms with Gasteiger partial charge in [-0.05, 0) is 25.0 Å². The van der Waals surface area contributed by atoms with Gasteiger partial charge in [0.2, 0.25) is 0 Å². The summed E-state index contributed by atoms with van der Waals surface area (Å²) in [5.74, 6) is 0. The first-order valence-electron chi connectivity index (χ1n) is 6.19. The van der Waals surface area contributed by atoms with Crippen molar-refractivity contribution in [1.29, 1.82) is 0 Å². The Morgan fingerprint density at radius 1 is 1.16 bits per heavy atom. The van der Waals surface area contributed by atoms with E-state index in [-0.39, 0.29) is 0 Å². The molecule has 2 heterocycles. The molecule has 0 aliphatic carbocycles. The summed E-state index contributed by atoms with van der Waals surface area (Å²) in [7, 11) is 0. The van der Waals surface area contributed by atoms with E-state index >= 15 is 0 Å². The third-order valence-corrected chi connectivity index (χ3v) is 3.87. The number of hydrogen-bond acceptors (Lipinski definition) is 2. The van der Waals surface area contributed by atoms with Crippen LogP contribution in [0.5, 0.6) is 0 Å². The Kier molecular flexibility index (Phi) is 2.99. The van der Waals surface area contributed by atoms with Crippen LogP contribution in [0.15, 0.2) is 36.5 Å². The highest BCUT2D eigenvalue weighted by Crippen LogP contribution is 2.26. The van der Waals surface area contributed by atoms with Gasteiger partial charge in [-0.3, -0.25) is 0 Å². The average molecular weight is 272 g/mol. The molecule has 0 saturated heterocycles. The lowest BCUT2D eigenvalue weighted by Gasteiger charge is -2.06. The van der Waals surface area contributed by atoms with E-state index in [9.17, 15) is 0 Å². The summed E-state index contributed by atoms with van der Waals surface area (Å²) in [5, 5.41) is 6.18. The first-order chi connectivity index (χ1) is 9.16. The first kappa shape index (κ1) is 12.2. The van der Waals surface area contributed by atoms with Crippen LogP contribution in [0.4, 0.5) is 0 Å². The van der Waals surface area contributed by atoms with Crippen molar-refractivity contribution in [3.63, 3.8) is 0 Å². The Hall–Kier alpha value is -1.87. The van der Waals surface area contributed by atoms with Gasteiger partial charge < -0.3 is 0 Å². The number of aromatic nitrogens is 3. The zero-order valence-corrected chi connectivity index (χ0v) is 11.6. The minimum atomic E-state index is 0.720. The van der Waals surface area contributed by atoms with Crippen LogP contribution in [0.25, 0.3) is 11.0 Å². The molecule has 0 spiro atoms. The van der Waals surface area contributed by atoms with Crippen LogP contribution in [-0.2, 0) is 6.54 Å². The number of halogens is 1. The van der Waals surface area contributed by atoms with Gasteiger partial charge in [-0.15, -0.1) is 0 Å². The van der Waals surface area contributed by atoms with Gasteiger partial charge in [-0.2, -0.15) is 5.10 Å². The molecule has 0 aliphatic heterocycles. The molecule has 19 heavy (non-hydrogen) atoms. The smallest absolute Gasteiger partial charge is 0.158 e. The van der Waals surface area contributed by atoms with E-state index in [1.807, 2.05) is 42.9 Å². The van der Waals surface area contributed by atoms with E-state index in [2.05, 4.69) is 22.2 Å². The van der Waals surface area contributed by atoms with Crippen molar-refractivity contribution in [3.8, 4) is 0 Å². The molecule has 0 fully saturated rings. The molecule has 0 N–H and O–H groups in total. The molecule has 1 aromatic carbocycles. The minimum absolute atomic E-state index is 0.720. The Morgan fingerprint density at radius 2 is 1.89 bits per heavy atom. The van der Waals surface area contributed by atoms with Crippen LogP contribution >= 0.6 is 11.6 Å². The summed E-state index contributed by atoms with van der Waals surface area (Å²) in [6, 6.07) is 10.2. The van der Waals surface area contributed by atoms with Crippen LogP contribution in [0.3, 0.4) is 0 Å². The van der Waals surface area contributed by atoms with Crippen molar-refractivity contribution in [3.05, 3.63) is 58.4 Å². The fraction of sp³-hybridized carbons (Fsp3) is 0.200. The predicted octanol–water partition coefficient (Wildman–Crippen LogP) is 3.75. The first-order valence-corrected chi connectivity index (χ1v) is 6.57. The summed E-state index contributed by atoms with van der Waals surface area (Å²) in [4.78, 5) is 4.56. The van der Waals surface area contributed by atoms with Crippen LogP contribution < -0.4 is 0 Å². The van der Waals surface area contributed by atoms with Crippen molar-refractivity contribution in [2.75, 3.05) is 0 Å². The maximum Gasteiger partial charge on any atom is 0.158 e. The predicted molar refractivity (Wildman–Crippen MR) is 77.6 cm³/mol. The molecule has 0 aliphatic rings. The van der Waals surface area contributed by atoms with Gasteiger partial charge >= 0.3 is 0 Å². The second-order valence-electron chi connectivity index (χ2n) is 4.66. The van der Waals surface area contributed by atoms with E-state index in [4.69, 9.17) is 11.6 Å². The van der Waals surface area contributed by atoms with Crippen LogP contribution in [0, 0.1) is 13.8 Å². The van der Waals surface area contributed by atoms with Crippen molar-refractivity contribution < 1.29 is 0 Å². The van der Waals surface area contributed by atoms with E-state index in [1.165, 1.54) is 5.56 Å². The molecule has 0 saturated carbocycles. The SMILES string of the molecule is Cc1nc2c(cnn2Cc2ccccc2)c(C)c1Cl. The third kappa shape index (κ3) is 2.10. The zero-order valence-electron chi connectivity index (χ0n) is 10.9. The molecule has 0 bridgehead atoms. The number of hydrogen-bond donors (Lipinski definition) is 0. The maximum atomic E-state index is 6.23. The fourth-order valence-electron chi connectivity index (χ4n) is 2.23. The van der Waals surface area contributed by atoms with Crippen molar-refractivity contribution in [2.24, 2.45) is 0 Å². The van der Waals surface area contributed by atoms with Crippen molar-refractivity contribution >= 4 is 22.6 Å². The van der Waals surface area contributed by atoms with Crippen molar-refractivity contribution in [2.45, 2.75) is 20.4 Å². The molecule has 2 aromatic heterocycles. The monoisotopic (exact) mass is 271 g/mol. The summed E-state index contributed by atoms with van der Waals surface area (Å²) in [6.07, 6.45) is 1.84. The second-order valence-corrected chi connectivity index (χ2v) is 5.04. The van der Waals surface area contributed by atoms with E-state index in [0.717, 1.165) is 33.9 Å². The molecule has 0 radical (unpaired) electrons.